The Kier molecular flexibility index (Phi) is 7.07. The third-order valence-electron chi connectivity index (χ3n) is 2.31. The molecule has 0 atom stereocenters. The Hall–Kier alpha value is 0.150. The molecule has 0 spiro atoms. The van der Waals surface area contributed by atoms with Crippen molar-refractivity contribution in [3.63, 3.8) is 0 Å². The predicted molar refractivity (Wildman–Crippen MR) is 82.5 cm³/mol. The molecule has 0 heterocycles. The molecule has 19 heavy (non-hydrogen) atoms. The number of halogens is 3. The number of rotatable bonds is 7. The van der Waals surface area contributed by atoms with Gasteiger partial charge in [0, 0.05) is 17.6 Å². The summed E-state index contributed by atoms with van der Waals surface area (Å²) in [6.07, 6.45) is 1.00. The number of hydrogen-bond donors (Lipinski definition) is 2. The Balaban J connectivity index is 2.75. The van der Waals surface area contributed by atoms with Gasteiger partial charge >= 0.3 is 0 Å². The zero-order chi connectivity index (χ0) is 14.5. The zero-order valence-corrected chi connectivity index (χ0v) is 14.3. The van der Waals surface area contributed by atoms with E-state index in [0.29, 0.717) is 17.6 Å². The van der Waals surface area contributed by atoms with E-state index in [1.807, 2.05) is 6.92 Å². The van der Waals surface area contributed by atoms with Crippen LogP contribution in [0, 0.1) is 0 Å². The molecule has 0 amide bonds. The maximum absolute atomic E-state index is 12.1. The molecular weight excluding hydrogens is 375 g/mol. The summed E-state index contributed by atoms with van der Waals surface area (Å²) in [5.41, 5.74) is 0. The maximum Gasteiger partial charge on any atom is 0.242 e. The second-order valence-corrected chi connectivity index (χ2v) is 7.17. The minimum atomic E-state index is -3.64. The van der Waals surface area contributed by atoms with E-state index in [1.54, 1.807) is 6.07 Å². The first-order chi connectivity index (χ1) is 8.90. The molecular formula is C11H15BrCl2N2O2S. The Morgan fingerprint density at radius 1 is 1.16 bits per heavy atom. The largest absolute Gasteiger partial charge is 0.315 e. The zero-order valence-electron chi connectivity index (χ0n) is 10.3. The first-order valence-corrected chi connectivity index (χ1v) is 8.77. The second-order valence-electron chi connectivity index (χ2n) is 3.82. The number of hydrogen-bond acceptors (Lipinski definition) is 3. The van der Waals surface area contributed by atoms with Gasteiger partial charge in [0.2, 0.25) is 10.0 Å². The second kappa shape index (κ2) is 7.81. The lowest BCUT2D eigenvalue weighted by atomic mass is 10.4. The molecule has 0 bridgehead atoms. The third-order valence-corrected chi connectivity index (χ3v) is 5.70. The summed E-state index contributed by atoms with van der Waals surface area (Å²) in [6, 6.07) is 2.97. The van der Waals surface area contributed by atoms with E-state index in [1.165, 1.54) is 6.07 Å². The Bertz CT molecular complexity index is 538. The fourth-order valence-electron chi connectivity index (χ4n) is 1.37. The van der Waals surface area contributed by atoms with Gasteiger partial charge in [0.05, 0.1) is 10.0 Å². The van der Waals surface area contributed by atoms with Crippen molar-refractivity contribution in [1.82, 2.24) is 10.0 Å². The van der Waals surface area contributed by atoms with Gasteiger partial charge in [-0.3, -0.25) is 0 Å². The summed E-state index contributed by atoms with van der Waals surface area (Å²) in [4.78, 5) is -0.0159. The molecule has 0 unspecified atom stereocenters. The van der Waals surface area contributed by atoms with Crippen molar-refractivity contribution in [3.05, 3.63) is 26.7 Å². The summed E-state index contributed by atoms with van der Waals surface area (Å²) >= 11 is 15.0. The molecule has 0 aliphatic heterocycles. The van der Waals surface area contributed by atoms with Crippen molar-refractivity contribution in [3.8, 4) is 0 Å². The molecule has 1 aromatic rings. The average molecular weight is 390 g/mol. The summed E-state index contributed by atoms with van der Waals surface area (Å²) in [5, 5.41) is 3.31. The summed E-state index contributed by atoms with van der Waals surface area (Å²) < 4.78 is 27.1. The van der Waals surface area contributed by atoms with Crippen molar-refractivity contribution in [2.45, 2.75) is 18.2 Å². The van der Waals surface area contributed by atoms with Gasteiger partial charge in [0.25, 0.3) is 0 Å². The van der Waals surface area contributed by atoms with Crippen molar-refractivity contribution in [2.75, 3.05) is 19.6 Å². The molecule has 2 N–H and O–H groups in total. The molecule has 108 valence electrons. The molecule has 1 rings (SSSR count). The Labute approximate surface area is 132 Å². The lowest BCUT2D eigenvalue weighted by Crippen LogP contribution is -2.32. The van der Waals surface area contributed by atoms with Gasteiger partial charge in [-0.25, -0.2) is 13.1 Å². The molecule has 0 aliphatic carbocycles. The quantitative estimate of drug-likeness (QED) is 0.556. The van der Waals surface area contributed by atoms with E-state index in [4.69, 9.17) is 23.2 Å². The first kappa shape index (κ1) is 17.2. The van der Waals surface area contributed by atoms with Crippen LogP contribution in [-0.4, -0.2) is 28.1 Å². The van der Waals surface area contributed by atoms with Crippen LogP contribution in [0.5, 0.6) is 0 Å². The first-order valence-electron chi connectivity index (χ1n) is 5.74. The van der Waals surface area contributed by atoms with Crippen molar-refractivity contribution in [1.29, 1.82) is 0 Å². The number of nitrogens with one attached hydrogen (secondary N) is 2. The fourth-order valence-corrected chi connectivity index (χ4v) is 3.62. The fraction of sp³-hybridized carbons (Fsp3) is 0.455. The van der Waals surface area contributed by atoms with Crippen molar-refractivity contribution >= 4 is 49.2 Å². The minimum absolute atomic E-state index is 0.0159. The average Bonchev–Trinajstić information content (AvgIpc) is 2.35. The van der Waals surface area contributed by atoms with Crippen LogP contribution in [0.3, 0.4) is 0 Å². The number of benzene rings is 1. The highest BCUT2D eigenvalue weighted by molar-refractivity contribution is 9.10. The van der Waals surface area contributed by atoms with Gasteiger partial charge in [0.1, 0.15) is 4.90 Å². The molecule has 0 aromatic heterocycles. The van der Waals surface area contributed by atoms with Gasteiger partial charge in [-0.1, -0.05) is 30.1 Å². The van der Waals surface area contributed by atoms with Gasteiger partial charge in [-0.2, -0.15) is 0 Å². The maximum atomic E-state index is 12.1. The lowest BCUT2D eigenvalue weighted by Gasteiger charge is -2.10. The van der Waals surface area contributed by atoms with Gasteiger partial charge in [0.15, 0.2) is 0 Å². The highest BCUT2D eigenvalue weighted by atomic mass is 79.9. The molecule has 1 aromatic carbocycles. The predicted octanol–water partition coefficient (Wildman–Crippen LogP) is 3.03. The molecule has 8 heteroatoms. The molecule has 0 fully saturated rings. The van der Waals surface area contributed by atoms with Crippen LogP contribution in [0.2, 0.25) is 10.0 Å². The van der Waals surface area contributed by atoms with Gasteiger partial charge in [-0.15, -0.1) is 0 Å². The highest BCUT2D eigenvalue weighted by Crippen LogP contribution is 2.34. The highest BCUT2D eigenvalue weighted by Gasteiger charge is 2.20. The summed E-state index contributed by atoms with van der Waals surface area (Å²) in [7, 11) is -3.64. The standard InChI is InChI=1S/C11H15BrCl2N2O2S/c1-2-5-15-6-7-16-19(17,18)9-4-3-8(12)10(13)11(9)14/h3-4,15-16H,2,5-7H2,1H3. The smallest absolute Gasteiger partial charge is 0.242 e. The lowest BCUT2D eigenvalue weighted by molar-refractivity contribution is 0.575. The van der Waals surface area contributed by atoms with E-state index in [9.17, 15) is 8.42 Å². The van der Waals surface area contributed by atoms with Crippen LogP contribution in [0.1, 0.15) is 13.3 Å². The molecule has 0 radical (unpaired) electrons. The molecule has 0 saturated carbocycles. The van der Waals surface area contributed by atoms with E-state index in [2.05, 4.69) is 26.0 Å². The molecule has 4 nitrogen and oxygen atoms in total. The normalized spacial score (nSPS) is 11.8. The van der Waals surface area contributed by atoms with E-state index < -0.39 is 10.0 Å². The Morgan fingerprint density at radius 3 is 2.47 bits per heavy atom. The third kappa shape index (κ3) is 4.88. The monoisotopic (exact) mass is 388 g/mol. The SMILES string of the molecule is CCCNCCNS(=O)(=O)c1ccc(Br)c(Cl)c1Cl. The van der Waals surface area contributed by atoms with Crippen molar-refractivity contribution in [2.24, 2.45) is 0 Å². The van der Waals surface area contributed by atoms with Crippen molar-refractivity contribution < 1.29 is 8.42 Å². The summed E-state index contributed by atoms with van der Waals surface area (Å²) in [6.45, 7) is 3.76. The minimum Gasteiger partial charge on any atom is -0.315 e. The van der Waals surface area contributed by atoms with Gasteiger partial charge < -0.3 is 5.32 Å². The summed E-state index contributed by atoms with van der Waals surface area (Å²) in [5.74, 6) is 0. The van der Waals surface area contributed by atoms with E-state index in [-0.39, 0.29) is 14.9 Å². The van der Waals surface area contributed by atoms with Crippen LogP contribution >= 0.6 is 39.1 Å². The number of sulfonamides is 1. The van der Waals surface area contributed by atoms with Crippen LogP contribution in [0.25, 0.3) is 0 Å². The topological polar surface area (TPSA) is 58.2 Å². The van der Waals surface area contributed by atoms with Crippen LogP contribution < -0.4 is 10.0 Å². The van der Waals surface area contributed by atoms with Crippen LogP contribution in [0.4, 0.5) is 0 Å². The van der Waals surface area contributed by atoms with Crippen LogP contribution in [0.15, 0.2) is 21.5 Å². The van der Waals surface area contributed by atoms with E-state index in [0.717, 1.165) is 13.0 Å². The van der Waals surface area contributed by atoms with E-state index >= 15 is 0 Å². The van der Waals surface area contributed by atoms with Gasteiger partial charge in [-0.05, 0) is 41.0 Å². The molecule has 0 saturated heterocycles. The Morgan fingerprint density at radius 2 is 1.84 bits per heavy atom. The van der Waals surface area contributed by atoms with Crippen LogP contribution in [-0.2, 0) is 10.0 Å². The molecule has 0 aliphatic rings.